The van der Waals surface area contributed by atoms with Crippen LogP contribution in [0.5, 0.6) is 5.75 Å². The molecule has 0 aromatic heterocycles. The molecule has 0 bridgehead atoms. The van der Waals surface area contributed by atoms with Crippen molar-refractivity contribution in [3.05, 3.63) is 51.6 Å². The third-order valence-corrected chi connectivity index (χ3v) is 6.98. The van der Waals surface area contributed by atoms with Crippen molar-refractivity contribution in [2.24, 2.45) is 5.34 Å². The fourth-order valence-electron chi connectivity index (χ4n) is 1.92. The quantitative estimate of drug-likeness (QED) is 0.334. The van der Waals surface area contributed by atoms with Gasteiger partial charge in [0.2, 0.25) is 0 Å². The van der Waals surface area contributed by atoms with Crippen LogP contribution in [0.1, 0.15) is 19.4 Å². The number of rotatable bonds is 6. The van der Waals surface area contributed by atoms with Gasteiger partial charge in [0.05, 0.1) is 0 Å². The average Bonchev–Trinajstić information content (AvgIpc) is 2.90. The zero-order valence-electron chi connectivity index (χ0n) is 11.9. The van der Waals surface area contributed by atoms with E-state index in [9.17, 15) is 4.91 Å². The van der Waals surface area contributed by atoms with Gasteiger partial charge in [-0.1, -0.05) is 0 Å². The number of halogens is 2. The first kappa shape index (κ1) is 17.7. The minimum atomic E-state index is -2.02. The molecule has 8 heteroatoms. The van der Waals surface area contributed by atoms with Crippen LogP contribution in [0.15, 0.2) is 51.4 Å². The first-order valence-electron chi connectivity index (χ1n) is 6.30. The molecule has 1 aromatic carbocycles. The Morgan fingerprint density at radius 3 is 2.50 bits per heavy atom. The Hall–Kier alpha value is -0.677. The molecule has 1 aromatic rings. The summed E-state index contributed by atoms with van der Waals surface area (Å²) >= 11 is -2.02. The predicted molar refractivity (Wildman–Crippen MR) is 90.1 cm³/mol. The van der Waals surface area contributed by atoms with Gasteiger partial charge in [-0.25, -0.2) is 0 Å². The molecule has 1 aliphatic heterocycles. The van der Waals surface area contributed by atoms with Crippen LogP contribution in [0.4, 0.5) is 0 Å². The Morgan fingerprint density at radius 2 is 1.95 bits per heavy atom. The van der Waals surface area contributed by atoms with Crippen LogP contribution in [0.25, 0.3) is 0 Å². The van der Waals surface area contributed by atoms with E-state index in [2.05, 4.69) is 5.34 Å². The number of hydrogen-bond acceptors (Lipinski definition) is 4. The monoisotopic (exact) mass is 449 g/mol. The third-order valence-electron chi connectivity index (χ3n) is 2.73. The summed E-state index contributed by atoms with van der Waals surface area (Å²) in [6.07, 6.45) is 3.71. The van der Waals surface area contributed by atoms with Gasteiger partial charge in [-0.15, -0.1) is 0 Å². The number of hydrogen-bond donors (Lipinski definition) is 0. The van der Waals surface area contributed by atoms with Crippen molar-refractivity contribution < 1.29 is 22.5 Å². The Balaban J connectivity index is 2.50. The van der Waals surface area contributed by atoms with E-state index < -0.39 is 23.8 Å². The molecule has 0 N–H and O–H groups in total. The minimum absolute atomic E-state index is 0.0322. The predicted octanol–water partition coefficient (Wildman–Crippen LogP) is 5.37. The van der Waals surface area contributed by atoms with Gasteiger partial charge >= 0.3 is 144 Å². The van der Waals surface area contributed by atoms with Crippen molar-refractivity contribution in [2.45, 2.75) is 24.8 Å². The van der Waals surface area contributed by atoms with E-state index in [-0.39, 0.29) is 6.10 Å². The molecule has 0 aliphatic carbocycles. The molecule has 0 unspecified atom stereocenters. The van der Waals surface area contributed by atoms with Gasteiger partial charge in [-0.3, -0.25) is 0 Å². The molecule has 0 saturated carbocycles. The van der Waals surface area contributed by atoms with Crippen LogP contribution in [0, 0.1) is 4.91 Å². The van der Waals surface area contributed by atoms with Crippen molar-refractivity contribution in [1.82, 2.24) is 0 Å². The van der Waals surface area contributed by atoms with Crippen LogP contribution in [0.2, 0.25) is 0 Å². The van der Waals surface area contributed by atoms with Gasteiger partial charge in [0, 0.05) is 0 Å². The van der Waals surface area contributed by atoms with Crippen LogP contribution >= 0.6 is 29.7 Å². The molecule has 0 spiro atoms. The number of nitrogens with zero attached hydrogens (tertiary/aromatic N) is 1. The summed E-state index contributed by atoms with van der Waals surface area (Å²) in [7, 11) is 10.0. The zero-order chi connectivity index (χ0) is 16.2. The summed E-state index contributed by atoms with van der Waals surface area (Å²) in [5, 5.41) is 6.31. The summed E-state index contributed by atoms with van der Waals surface area (Å²) in [5.74, 6) is 0.707. The summed E-state index contributed by atoms with van der Waals surface area (Å²) in [6.45, 7) is 3.89. The topological polar surface area (TPSA) is 47.9 Å². The van der Waals surface area contributed by atoms with Crippen molar-refractivity contribution in [2.75, 3.05) is 0 Å². The van der Waals surface area contributed by atoms with E-state index >= 15 is 0 Å². The van der Waals surface area contributed by atoms with Crippen LogP contribution in [0.3, 0.4) is 0 Å². The molecule has 2 rings (SSSR count). The average molecular weight is 449 g/mol. The number of benzene rings is 1. The number of allylic oxidation sites excluding steroid dienone is 2. The van der Waals surface area contributed by atoms with E-state index in [1.54, 1.807) is 0 Å². The van der Waals surface area contributed by atoms with E-state index in [0.29, 0.717) is 5.75 Å². The van der Waals surface area contributed by atoms with Crippen LogP contribution in [-0.4, -0.2) is 10.7 Å². The van der Waals surface area contributed by atoms with Crippen molar-refractivity contribution in [1.29, 1.82) is 0 Å². The van der Waals surface area contributed by atoms with Crippen LogP contribution < -0.4 is 4.74 Å². The molecule has 122 valence electrons. The third kappa shape index (κ3) is 4.20. The van der Waals surface area contributed by atoms with Gasteiger partial charge in [0.25, 0.3) is 0 Å². The Morgan fingerprint density at radius 1 is 1.27 bits per heavy atom. The van der Waals surface area contributed by atoms with Crippen molar-refractivity contribution in [3.8, 4) is 5.75 Å². The molecule has 0 saturated heterocycles. The van der Waals surface area contributed by atoms with Crippen molar-refractivity contribution in [3.63, 3.8) is 0 Å². The fraction of sp³-hybridized carbons (Fsp3) is 0.214. The summed E-state index contributed by atoms with van der Waals surface area (Å²) in [4.78, 5) is 11.5. The van der Waals surface area contributed by atoms with Gasteiger partial charge in [-0.2, -0.15) is 0 Å². The normalized spacial score (nSPS) is 17.2. The zero-order valence-corrected chi connectivity index (χ0v) is 16.0. The maximum atomic E-state index is 10.6. The molecule has 4 nitrogen and oxygen atoms in total. The molecule has 0 radical (unpaired) electrons. The van der Waals surface area contributed by atoms with Crippen molar-refractivity contribution >= 4 is 34.3 Å². The van der Waals surface area contributed by atoms with E-state index in [4.69, 9.17) is 28.4 Å². The maximum absolute atomic E-state index is 10.6. The van der Waals surface area contributed by atoms with E-state index in [0.717, 1.165) is 10.5 Å². The second-order valence-corrected chi connectivity index (χ2v) is 12.8. The SMILES string of the molecule is CC(C)Oc1ccc(S2(ON=O)C=CC=C2)cc1[CH]=[Ru]([Cl])[Cl]. The Kier molecular flexibility index (Phi) is 6.21. The van der Waals surface area contributed by atoms with Gasteiger partial charge in [0.1, 0.15) is 0 Å². The molecule has 1 heterocycles. The van der Waals surface area contributed by atoms with Crippen LogP contribution in [-0.2, 0) is 17.8 Å². The van der Waals surface area contributed by atoms with E-state index in [1.807, 2.05) is 59.6 Å². The second kappa shape index (κ2) is 7.73. The van der Waals surface area contributed by atoms with Gasteiger partial charge in [-0.05, 0) is 0 Å². The summed E-state index contributed by atoms with van der Waals surface area (Å²) < 4.78 is 12.7. The molecule has 0 fully saturated rings. The summed E-state index contributed by atoms with van der Waals surface area (Å²) in [5.41, 5.74) is 0.810. The first-order chi connectivity index (χ1) is 10.5. The molecule has 22 heavy (non-hydrogen) atoms. The standard InChI is InChI=1S/C14H15NO3S.2ClH.Ru/c1-11(2)17-14-7-6-13(10-12(14)3)19(18-15-16)8-4-5-9-19;;;/h3-11H,1-2H3;2*1H;/q;;;+2/p-2. The van der Waals surface area contributed by atoms with Gasteiger partial charge in [0.15, 0.2) is 0 Å². The Labute approximate surface area is 144 Å². The Bertz CT molecular complexity index is 645. The number of ether oxygens (including phenoxy) is 1. The molecular weight excluding hydrogens is 434 g/mol. The second-order valence-electron chi connectivity index (χ2n) is 4.63. The fourth-order valence-corrected chi connectivity index (χ4v) is 5.63. The summed E-state index contributed by atoms with van der Waals surface area (Å²) in [6, 6.07) is 5.61. The molecular formula is C14H15Cl2NO3RuS. The molecule has 0 amide bonds. The molecule has 0 atom stereocenters. The van der Waals surface area contributed by atoms with E-state index in [1.165, 1.54) is 0 Å². The first-order valence-corrected chi connectivity index (χ1v) is 13.5. The van der Waals surface area contributed by atoms with Gasteiger partial charge < -0.3 is 0 Å². The molecule has 1 aliphatic rings.